The van der Waals surface area contributed by atoms with Crippen LogP contribution in [0, 0.1) is 11.3 Å². The largest absolute Gasteiger partial charge is 0.319 e. The lowest BCUT2D eigenvalue weighted by molar-refractivity contribution is 0.141. The smallest absolute Gasteiger partial charge is 0.0408 e. The van der Waals surface area contributed by atoms with E-state index in [1.165, 1.54) is 50.5 Å². The average molecular weight is 308 g/mol. The van der Waals surface area contributed by atoms with Gasteiger partial charge in [0.05, 0.1) is 0 Å². The number of halogens is 1. The highest BCUT2D eigenvalue weighted by Crippen LogP contribution is 2.42. The van der Waals surface area contributed by atoms with Gasteiger partial charge >= 0.3 is 0 Å². The molecule has 0 saturated heterocycles. The summed E-state index contributed by atoms with van der Waals surface area (Å²) in [4.78, 5) is 0. The Balaban J connectivity index is 1.98. The van der Waals surface area contributed by atoms with E-state index in [2.05, 4.69) is 37.5 Å². The minimum absolute atomic E-state index is 0.433. The van der Waals surface area contributed by atoms with Crippen LogP contribution in [0.5, 0.6) is 0 Å². The van der Waals surface area contributed by atoms with Crippen LogP contribution in [0.2, 0.25) is 5.02 Å². The van der Waals surface area contributed by atoms with Gasteiger partial charge < -0.3 is 5.32 Å². The first kappa shape index (κ1) is 16.8. The van der Waals surface area contributed by atoms with E-state index in [4.69, 9.17) is 11.6 Å². The summed E-state index contributed by atoms with van der Waals surface area (Å²) in [5, 5.41) is 4.30. The zero-order valence-corrected chi connectivity index (χ0v) is 14.4. The third-order valence-corrected chi connectivity index (χ3v) is 5.39. The van der Waals surface area contributed by atoms with E-state index in [0.29, 0.717) is 5.41 Å². The van der Waals surface area contributed by atoms with E-state index < -0.39 is 0 Å². The first-order chi connectivity index (χ1) is 10.2. The van der Waals surface area contributed by atoms with E-state index in [1.807, 2.05) is 6.07 Å². The van der Waals surface area contributed by atoms with Crippen LogP contribution in [0.1, 0.15) is 57.4 Å². The molecule has 0 atom stereocenters. The van der Waals surface area contributed by atoms with Crippen molar-refractivity contribution in [3.05, 3.63) is 34.9 Å². The first-order valence-electron chi connectivity index (χ1n) is 8.56. The van der Waals surface area contributed by atoms with Crippen LogP contribution in [0.3, 0.4) is 0 Å². The van der Waals surface area contributed by atoms with Gasteiger partial charge in [0.1, 0.15) is 0 Å². The van der Waals surface area contributed by atoms with Gasteiger partial charge in [-0.25, -0.2) is 0 Å². The summed E-state index contributed by atoms with van der Waals surface area (Å²) in [7, 11) is 2.09. The second-order valence-electron chi connectivity index (χ2n) is 6.92. The number of hydrogen-bond donors (Lipinski definition) is 1. The predicted molar refractivity (Wildman–Crippen MR) is 93.0 cm³/mol. The monoisotopic (exact) mass is 307 g/mol. The molecule has 118 valence electrons. The van der Waals surface area contributed by atoms with Crippen LogP contribution in [-0.2, 0) is 6.42 Å². The molecule has 1 aromatic carbocycles. The highest BCUT2D eigenvalue weighted by Gasteiger charge is 2.34. The second-order valence-corrected chi connectivity index (χ2v) is 7.36. The maximum absolute atomic E-state index is 6.15. The molecule has 2 rings (SSSR count). The molecular weight excluding hydrogens is 278 g/mol. The number of unbranched alkanes of at least 4 members (excludes halogenated alkanes) is 1. The van der Waals surface area contributed by atoms with Crippen molar-refractivity contribution in [3.63, 3.8) is 0 Å². The van der Waals surface area contributed by atoms with E-state index in [9.17, 15) is 0 Å². The minimum Gasteiger partial charge on any atom is -0.319 e. The SMILES string of the molecule is CCCCC1CCC(CNC)(Cc2cccc(Cl)c2)CC1. The van der Waals surface area contributed by atoms with Crippen LogP contribution in [0.15, 0.2) is 24.3 Å². The Morgan fingerprint density at radius 2 is 2.05 bits per heavy atom. The standard InChI is InChI=1S/C19H30ClN/c1-3-4-6-16-9-11-19(12-10-16,15-21-2)14-17-7-5-8-18(20)13-17/h5,7-8,13,16,21H,3-4,6,9-12,14-15H2,1-2H3. The van der Waals surface area contributed by atoms with E-state index in [1.54, 1.807) is 0 Å². The quantitative estimate of drug-likeness (QED) is 0.704. The van der Waals surface area contributed by atoms with Crippen LogP contribution < -0.4 is 5.32 Å². The predicted octanol–water partition coefficient (Wildman–Crippen LogP) is 5.47. The molecule has 1 aliphatic carbocycles. The summed E-state index contributed by atoms with van der Waals surface area (Å²) in [6.07, 6.45) is 10.9. The second kappa shape index (κ2) is 8.19. The van der Waals surface area contributed by atoms with E-state index in [-0.39, 0.29) is 0 Å². The summed E-state index contributed by atoms with van der Waals surface area (Å²) in [5.41, 5.74) is 1.83. The fourth-order valence-electron chi connectivity index (χ4n) is 3.94. The van der Waals surface area contributed by atoms with Crippen LogP contribution in [0.4, 0.5) is 0 Å². The Labute approximate surface area is 135 Å². The maximum Gasteiger partial charge on any atom is 0.0408 e. The van der Waals surface area contributed by atoms with Crippen LogP contribution in [0.25, 0.3) is 0 Å². The first-order valence-corrected chi connectivity index (χ1v) is 8.94. The molecule has 0 spiro atoms. The fraction of sp³-hybridized carbons (Fsp3) is 0.684. The molecule has 1 fully saturated rings. The Morgan fingerprint density at radius 1 is 1.29 bits per heavy atom. The summed E-state index contributed by atoms with van der Waals surface area (Å²) < 4.78 is 0. The molecule has 1 nitrogen and oxygen atoms in total. The molecule has 0 heterocycles. The Kier molecular flexibility index (Phi) is 6.57. The third kappa shape index (κ3) is 5.00. The molecule has 2 heteroatoms. The molecular formula is C19H30ClN. The third-order valence-electron chi connectivity index (χ3n) is 5.15. The summed E-state index contributed by atoms with van der Waals surface area (Å²) in [6.45, 7) is 3.42. The molecule has 1 saturated carbocycles. The van der Waals surface area contributed by atoms with Gasteiger partial charge in [0.15, 0.2) is 0 Å². The van der Waals surface area contributed by atoms with Crippen molar-refractivity contribution in [1.82, 2.24) is 5.32 Å². The van der Waals surface area contributed by atoms with Crippen LogP contribution >= 0.6 is 11.6 Å². The zero-order chi connectivity index (χ0) is 15.1. The zero-order valence-electron chi connectivity index (χ0n) is 13.6. The van der Waals surface area contributed by atoms with Gasteiger partial charge in [0.25, 0.3) is 0 Å². The van der Waals surface area contributed by atoms with Crippen molar-refractivity contribution in [2.45, 2.75) is 58.3 Å². The molecule has 0 unspecified atom stereocenters. The molecule has 0 aromatic heterocycles. The van der Waals surface area contributed by atoms with Crippen molar-refractivity contribution in [1.29, 1.82) is 0 Å². The lowest BCUT2D eigenvalue weighted by atomic mass is 9.66. The molecule has 21 heavy (non-hydrogen) atoms. The number of benzene rings is 1. The van der Waals surface area contributed by atoms with Gasteiger partial charge in [-0.3, -0.25) is 0 Å². The molecule has 1 aromatic rings. The van der Waals surface area contributed by atoms with Gasteiger partial charge in [-0.05, 0) is 68.2 Å². The molecule has 0 aliphatic heterocycles. The van der Waals surface area contributed by atoms with Crippen LogP contribution in [-0.4, -0.2) is 13.6 Å². The summed E-state index contributed by atoms with van der Waals surface area (Å²) in [6, 6.07) is 8.42. The van der Waals surface area contributed by atoms with Crippen molar-refractivity contribution in [3.8, 4) is 0 Å². The lowest BCUT2D eigenvalue weighted by Crippen LogP contribution is -2.38. The number of nitrogens with one attached hydrogen (secondary N) is 1. The average Bonchev–Trinajstić information content (AvgIpc) is 2.47. The number of hydrogen-bond acceptors (Lipinski definition) is 1. The van der Waals surface area contributed by atoms with Crippen molar-refractivity contribution in [2.75, 3.05) is 13.6 Å². The Bertz CT molecular complexity index is 421. The van der Waals surface area contributed by atoms with Gasteiger partial charge in [-0.1, -0.05) is 49.9 Å². The van der Waals surface area contributed by atoms with E-state index >= 15 is 0 Å². The normalized spacial score (nSPS) is 26.0. The molecule has 0 radical (unpaired) electrons. The molecule has 0 amide bonds. The minimum atomic E-state index is 0.433. The van der Waals surface area contributed by atoms with Gasteiger partial charge in [0, 0.05) is 11.6 Å². The fourth-order valence-corrected chi connectivity index (χ4v) is 4.16. The highest BCUT2D eigenvalue weighted by atomic mass is 35.5. The summed E-state index contributed by atoms with van der Waals surface area (Å²) in [5.74, 6) is 0.967. The molecule has 1 aliphatic rings. The van der Waals surface area contributed by atoms with Crippen molar-refractivity contribution >= 4 is 11.6 Å². The van der Waals surface area contributed by atoms with Gasteiger partial charge in [-0.2, -0.15) is 0 Å². The topological polar surface area (TPSA) is 12.0 Å². The maximum atomic E-state index is 6.15. The van der Waals surface area contributed by atoms with Crippen molar-refractivity contribution in [2.24, 2.45) is 11.3 Å². The van der Waals surface area contributed by atoms with Crippen molar-refractivity contribution < 1.29 is 0 Å². The summed E-state index contributed by atoms with van der Waals surface area (Å²) >= 11 is 6.15. The lowest BCUT2D eigenvalue weighted by Gasteiger charge is -2.40. The Hall–Kier alpha value is -0.530. The van der Waals surface area contributed by atoms with Gasteiger partial charge in [-0.15, -0.1) is 0 Å². The van der Waals surface area contributed by atoms with E-state index in [0.717, 1.165) is 23.9 Å². The Morgan fingerprint density at radius 3 is 2.67 bits per heavy atom. The molecule has 1 N–H and O–H groups in total. The molecule has 0 bridgehead atoms. The van der Waals surface area contributed by atoms with Gasteiger partial charge in [0.2, 0.25) is 0 Å². The number of rotatable bonds is 7. The highest BCUT2D eigenvalue weighted by molar-refractivity contribution is 6.30.